The predicted octanol–water partition coefficient (Wildman–Crippen LogP) is 1.23. The second kappa shape index (κ2) is 6.82. The highest BCUT2D eigenvalue weighted by molar-refractivity contribution is 5.90. The Morgan fingerprint density at radius 3 is 1.37 bits per heavy atom. The van der Waals surface area contributed by atoms with Gasteiger partial charge in [0.15, 0.2) is 0 Å². The maximum Gasteiger partial charge on any atom is 0.333 e. The van der Waals surface area contributed by atoms with Gasteiger partial charge in [-0.15, -0.1) is 0 Å². The zero-order chi connectivity index (χ0) is 22.5. The molecule has 30 heavy (non-hydrogen) atoms. The molecule has 0 aromatic rings. The highest BCUT2D eigenvalue weighted by Gasteiger charge is 2.76. The number of carboxylic acids is 3. The van der Waals surface area contributed by atoms with Crippen LogP contribution in [-0.2, 0) is 33.4 Å². The van der Waals surface area contributed by atoms with Crippen LogP contribution in [0.2, 0.25) is 0 Å². The summed E-state index contributed by atoms with van der Waals surface area (Å²) in [6.45, 7) is 4.29. The van der Waals surface area contributed by atoms with Crippen molar-refractivity contribution in [1.29, 1.82) is 0 Å². The summed E-state index contributed by atoms with van der Waals surface area (Å²) in [7, 11) is 0. The molecule has 164 valence electrons. The van der Waals surface area contributed by atoms with Crippen LogP contribution in [0.4, 0.5) is 0 Å². The van der Waals surface area contributed by atoms with Gasteiger partial charge >= 0.3 is 29.8 Å². The van der Waals surface area contributed by atoms with Crippen LogP contribution < -0.4 is 0 Å². The number of rotatable bonds is 8. The molecule has 0 heterocycles. The van der Waals surface area contributed by atoms with Gasteiger partial charge in [0.2, 0.25) is 0 Å². The largest absolute Gasteiger partial charge is 0.481 e. The third-order valence-corrected chi connectivity index (χ3v) is 6.75. The first-order valence-electron chi connectivity index (χ1n) is 9.52. The summed E-state index contributed by atoms with van der Waals surface area (Å²) in [6.07, 6.45) is -1.18. The maximum atomic E-state index is 13.0. The number of esters is 2. The molecule has 3 N–H and O–H groups in total. The van der Waals surface area contributed by atoms with E-state index in [0.717, 1.165) is 0 Å². The Labute approximate surface area is 171 Å². The number of carbonyl (C=O) groups excluding carboxylic acids is 2. The van der Waals surface area contributed by atoms with E-state index in [1.54, 1.807) is 0 Å². The average molecular weight is 424 g/mol. The van der Waals surface area contributed by atoms with E-state index in [4.69, 9.17) is 9.47 Å². The van der Waals surface area contributed by atoms with Gasteiger partial charge in [-0.3, -0.25) is 19.2 Å². The zero-order valence-electron chi connectivity index (χ0n) is 16.6. The molecule has 4 aliphatic carbocycles. The number of carboxylic acid groups (broad SMARTS) is 3. The fraction of sp³-hybridized carbons (Fsp3) is 0.650. The molecular formula is C20H24O10. The van der Waals surface area contributed by atoms with Crippen molar-refractivity contribution in [3.8, 4) is 0 Å². The maximum absolute atomic E-state index is 13.0. The molecule has 4 bridgehead atoms. The first kappa shape index (κ1) is 21.8. The molecular weight excluding hydrogens is 400 g/mol. The zero-order valence-corrected chi connectivity index (χ0v) is 16.6. The van der Waals surface area contributed by atoms with Crippen LogP contribution in [0, 0.1) is 21.7 Å². The van der Waals surface area contributed by atoms with E-state index >= 15 is 0 Å². The molecule has 10 heteroatoms. The highest BCUT2D eigenvalue weighted by Crippen LogP contribution is 2.74. The smallest absolute Gasteiger partial charge is 0.333 e. The number of hydrogen-bond donors (Lipinski definition) is 3. The molecule has 0 aromatic carbocycles. The topological polar surface area (TPSA) is 164 Å². The minimum absolute atomic E-state index is 0.164. The number of aliphatic carboxylic acids is 3. The molecule has 0 radical (unpaired) electrons. The Balaban J connectivity index is 1.90. The number of ether oxygens (including phenoxy) is 2. The van der Waals surface area contributed by atoms with E-state index < -0.39 is 51.5 Å². The molecule has 4 fully saturated rings. The van der Waals surface area contributed by atoms with Crippen LogP contribution in [-0.4, -0.2) is 58.4 Å². The predicted molar refractivity (Wildman–Crippen MR) is 97.1 cm³/mol. The Morgan fingerprint density at radius 2 is 1.03 bits per heavy atom. The van der Waals surface area contributed by atoms with Crippen LogP contribution in [0.1, 0.15) is 45.4 Å². The van der Waals surface area contributed by atoms with Crippen molar-refractivity contribution < 1.29 is 48.8 Å². The fourth-order valence-corrected chi connectivity index (χ4v) is 6.08. The van der Waals surface area contributed by atoms with E-state index in [9.17, 15) is 39.3 Å². The van der Waals surface area contributed by atoms with Gasteiger partial charge in [0, 0.05) is 5.57 Å². The van der Waals surface area contributed by atoms with E-state index in [0.29, 0.717) is 0 Å². The Kier molecular flexibility index (Phi) is 4.95. The van der Waals surface area contributed by atoms with Gasteiger partial charge < -0.3 is 24.8 Å². The minimum atomic E-state index is -1.63. The lowest BCUT2D eigenvalue weighted by molar-refractivity contribution is -0.231. The van der Waals surface area contributed by atoms with E-state index in [-0.39, 0.29) is 57.3 Å². The fourth-order valence-electron chi connectivity index (χ4n) is 6.08. The SMILES string of the molecule is C=C(C)C(=O)OCCOC(=O)C12CC3(C(=O)O)CC(C(=O)O)(CC(C(=O)O)(C3)C1)C2. The molecule has 0 aliphatic heterocycles. The minimum Gasteiger partial charge on any atom is -0.481 e. The summed E-state index contributed by atoms with van der Waals surface area (Å²) in [5, 5.41) is 29.7. The molecule has 0 spiro atoms. The summed E-state index contributed by atoms with van der Waals surface area (Å²) in [5.74, 6) is -5.42. The van der Waals surface area contributed by atoms with Crippen molar-refractivity contribution in [2.24, 2.45) is 21.7 Å². The lowest BCUT2D eigenvalue weighted by Gasteiger charge is -2.65. The Bertz CT molecular complexity index is 774. The molecule has 4 rings (SSSR count). The van der Waals surface area contributed by atoms with Gasteiger partial charge in [-0.05, 0) is 45.4 Å². The average Bonchev–Trinajstić information content (AvgIpc) is 2.63. The normalized spacial score (nSPS) is 36.0. The number of carbonyl (C=O) groups is 5. The lowest BCUT2D eigenvalue weighted by Crippen LogP contribution is -2.68. The summed E-state index contributed by atoms with van der Waals surface area (Å²) in [5.41, 5.74) is -6.26. The Hall–Kier alpha value is -2.91. The van der Waals surface area contributed by atoms with Crippen LogP contribution in [0.3, 0.4) is 0 Å². The van der Waals surface area contributed by atoms with Crippen LogP contribution in [0.15, 0.2) is 12.2 Å². The standard InChI is InChI=1S/C20H24O10/c1-11(2)12(21)29-3-4-30-16(28)20-8-17(13(22)23)5-18(9-20,14(24)25)7-19(6-17,10-20)15(26)27/h1,3-10H2,2H3,(H,22,23)(H,24,25)(H,26,27). The number of hydrogen-bond acceptors (Lipinski definition) is 7. The van der Waals surface area contributed by atoms with Crippen molar-refractivity contribution in [3.05, 3.63) is 12.2 Å². The third-order valence-electron chi connectivity index (χ3n) is 6.75. The van der Waals surface area contributed by atoms with E-state index in [1.807, 2.05) is 0 Å². The first-order chi connectivity index (χ1) is 13.8. The van der Waals surface area contributed by atoms with E-state index in [2.05, 4.69) is 6.58 Å². The van der Waals surface area contributed by atoms with Gasteiger partial charge in [0.05, 0.1) is 21.7 Å². The summed E-state index contributed by atoms with van der Waals surface area (Å²) in [4.78, 5) is 60.8. The summed E-state index contributed by atoms with van der Waals surface area (Å²) in [6, 6.07) is 0. The van der Waals surface area contributed by atoms with Crippen molar-refractivity contribution in [2.45, 2.75) is 45.4 Å². The first-order valence-corrected chi connectivity index (χ1v) is 9.52. The molecule has 4 aliphatic rings. The molecule has 4 saturated carbocycles. The van der Waals surface area contributed by atoms with E-state index in [1.165, 1.54) is 6.92 Å². The third kappa shape index (κ3) is 3.14. The molecule has 0 aromatic heterocycles. The van der Waals surface area contributed by atoms with Crippen LogP contribution >= 0.6 is 0 Å². The lowest BCUT2D eigenvalue weighted by atomic mass is 9.35. The molecule has 0 unspecified atom stereocenters. The quantitative estimate of drug-likeness (QED) is 0.293. The molecule has 10 nitrogen and oxygen atoms in total. The van der Waals surface area contributed by atoms with Gasteiger partial charge in [-0.2, -0.15) is 0 Å². The van der Waals surface area contributed by atoms with Crippen molar-refractivity contribution in [1.82, 2.24) is 0 Å². The second-order valence-electron chi connectivity index (χ2n) is 9.15. The highest BCUT2D eigenvalue weighted by atomic mass is 16.6. The molecule has 0 saturated heterocycles. The Morgan fingerprint density at radius 1 is 0.700 bits per heavy atom. The van der Waals surface area contributed by atoms with Gasteiger partial charge in [0.25, 0.3) is 0 Å². The van der Waals surface area contributed by atoms with Gasteiger partial charge in [-0.25, -0.2) is 4.79 Å². The van der Waals surface area contributed by atoms with Crippen LogP contribution in [0.25, 0.3) is 0 Å². The van der Waals surface area contributed by atoms with Gasteiger partial charge in [-0.1, -0.05) is 6.58 Å². The monoisotopic (exact) mass is 424 g/mol. The van der Waals surface area contributed by atoms with Crippen molar-refractivity contribution in [2.75, 3.05) is 13.2 Å². The van der Waals surface area contributed by atoms with Crippen LogP contribution in [0.5, 0.6) is 0 Å². The summed E-state index contributed by atoms with van der Waals surface area (Å²) < 4.78 is 10.1. The van der Waals surface area contributed by atoms with Crippen molar-refractivity contribution in [3.63, 3.8) is 0 Å². The molecule has 0 atom stereocenters. The van der Waals surface area contributed by atoms with Gasteiger partial charge in [0.1, 0.15) is 13.2 Å². The molecule has 0 amide bonds. The summed E-state index contributed by atoms with van der Waals surface area (Å²) >= 11 is 0. The van der Waals surface area contributed by atoms with Crippen molar-refractivity contribution >= 4 is 29.8 Å². The second-order valence-corrected chi connectivity index (χ2v) is 9.15.